The van der Waals surface area contributed by atoms with Crippen LogP contribution in [0.5, 0.6) is 0 Å². The Morgan fingerprint density at radius 2 is 2.07 bits per heavy atom. The maximum atomic E-state index is 13.0. The summed E-state index contributed by atoms with van der Waals surface area (Å²) in [5.41, 5.74) is 0.539. The number of fused-ring (bicyclic) bond motifs is 3. The van der Waals surface area contributed by atoms with Crippen LogP contribution >= 0.6 is 0 Å². The summed E-state index contributed by atoms with van der Waals surface area (Å²) in [6.07, 6.45) is 1.42. The molecule has 1 aromatic carbocycles. The number of rotatable bonds is 0. The Hall–Kier alpha value is -2.10. The zero-order valence-corrected chi connectivity index (χ0v) is 7.58. The van der Waals surface area contributed by atoms with Crippen molar-refractivity contribution in [2.45, 2.75) is 0 Å². The molecule has 0 aliphatic heterocycles. The van der Waals surface area contributed by atoms with Crippen molar-refractivity contribution < 1.29 is 8.81 Å². The Balaban J connectivity index is 2.67. The van der Waals surface area contributed by atoms with E-state index in [0.29, 0.717) is 16.3 Å². The van der Waals surface area contributed by atoms with E-state index in [4.69, 9.17) is 4.42 Å². The fraction of sp³-hybridized carbons (Fsp3) is 0. The number of hydrogen-bond acceptors (Lipinski definition) is 2. The molecule has 0 aliphatic rings. The van der Waals surface area contributed by atoms with Gasteiger partial charge >= 0.3 is 0 Å². The van der Waals surface area contributed by atoms with Crippen LogP contribution in [0.15, 0.2) is 39.7 Å². The third-order valence-corrected chi connectivity index (χ3v) is 2.39. The van der Waals surface area contributed by atoms with Crippen molar-refractivity contribution in [3.05, 3.63) is 46.7 Å². The van der Waals surface area contributed by atoms with Gasteiger partial charge in [-0.2, -0.15) is 0 Å². The van der Waals surface area contributed by atoms with Gasteiger partial charge in [-0.25, -0.2) is 4.39 Å². The zero-order valence-electron chi connectivity index (χ0n) is 7.58. The van der Waals surface area contributed by atoms with Gasteiger partial charge < -0.3 is 9.40 Å². The van der Waals surface area contributed by atoms with E-state index in [-0.39, 0.29) is 17.0 Å². The monoisotopic (exact) mass is 203 g/mol. The van der Waals surface area contributed by atoms with Gasteiger partial charge in [0.2, 0.25) is 0 Å². The molecular weight excluding hydrogens is 197 g/mol. The number of furan rings is 1. The average Bonchev–Trinajstić information content (AvgIpc) is 2.69. The first kappa shape index (κ1) is 8.23. The van der Waals surface area contributed by atoms with Gasteiger partial charge in [0.1, 0.15) is 5.82 Å². The predicted octanol–water partition coefficient (Wildman–Crippen LogP) is 2.41. The summed E-state index contributed by atoms with van der Waals surface area (Å²) in [6, 6.07) is 5.89. The first-order chi connectivity index (χ1) is 7.25. The van der Waals surface area contributed by atoms with Gasteiger partial charge in [0.05, 0.1) is 6.26 Å². The van der Waals surface area contributed by atoms with Crippen LogP contribution in [0.2, 0.25) is 0 Å². The van der Waals surface area contributed by atoms with Gasteiger partial charge in [0.25, 0.3) is 5.56 Å². The molecule has 0 aliphatic carbocycles. The summed E-state index contributed by atoms with van der Waals surface area (Å²) in [5, 5.41) is 1.28. The molecule has 0 saturated carbocycles. The molecule has 74 valence electrons. The normalized spacial score (nSPS) is 11.3. The lowest BCUT2D eigenvalue weighted by molar-refractivity contribution is 0.611. The Morgan fingerprint density at radius 3 is 2.93 bits per heavy atom. The summed E-state index contributed by atoms with van der Waals surface area (Å²) >= 11 is 0. The number of H-pyrrole nitrogens is 1. The molecule has 1 N–H and O–H groups in total. The van der Waals surface area contributed by atoms with Gasteiger partial charge in [-0.3, -0.25) is 4.79 Å². The van der Waals surface area contributed by atoms with Crippen molar-refractivity contribution in [3.63, 3.8) is 0 Å². The number of halogens is 1. The standard InChI is InChI=1S/C11H6FNO2/c12-6-1-2-9-8(5-6)7-3-4-15-10(7)11(14)13-9/h1-5H,(H,13,14). The summed E-state index contributed by atoms with van der Waals surface area (Å²) in [6.45, 7) is 0. The van der Waals surface area contributed by atoms with E-state index < -0.39 is 0 Å². The van der Waals surface area contributed by atoms with Crippen molar-refractivity contribution in [1.29, 1.82) is 0 Å². The lowest BCUT2D eigenvalue weighted by Gasteiger charge is -1.98. The number of pyridine rings is 1. The van der Waals surface area contributed by atoms with Crippen LogP contribution in [0.25, 0.3) is 21.9 Å². The second-order valence-electron chi connectivity index (χ2n) is 3.31. The number of benzene rings is 1. The molecule has 3 nitrogen and oxygen atoms in total. The summed E-state index contributed by atoms with van der Waals surface area (Å²) < 4.78 is 18.1. The first-order valence-corrected chi connectivity index (χ1v) is 4.44. The van der Waals surface area contributed by atoms with Crippen LogP contribution in [0, 0.1) is 5.82 Å². The molecule has 0 radical (unpaired) electrons. The SMILES string of the molecule is O=c1[nH]c2ccc(F)cc2c2ccoc12. The maximum Gasteiger partial charge on any atom is 0.292 e. The van der Waals surface area contributed by atoms with Crippen molar-refractivity contribution in [2.24, 2.45) is 0 Å². The fourth-order valence-corrected chi connectivity index (χ4v) is 1.72. The maximum absolute atomic E-state index is 13.0. The van der Waals surface area contributed by atoms with E-state index in [1.807, 2.05) is 0 Å². The van der Waals surface area contributed by atoms with E-state index in [0.717, 1.165) is 0 Å². The van der Waals surface area contributed by atoms with E-state index in [2.05, 4.69) is 4.98 Å². The minimum Gasteiger partial charge on any atom is -0.459 e. The van der Waals surface area contributed by atoms with Crippen LogP contribution in [-0.4, -0.2) is 4.98 Å². The summed E-state index contributed by atoms with van der Waals surface area (Å²) in [4.78, 5) is 14.1. The molecule has 15 heavy (non-hydrogen) atoms. The first-order valence-electron chi connectivity index (χ1n) is 4.44. The van der Waals surface area contributed by atoms with Gasteiger partial charge in [-0.1, -0.05) is 0 Å². The summed E-state index contributed by atoms with van der Waals surface area (Å²) in [7, 11) is 0. The molecular formula is C11H6FNO2. The van der Waals surface area contributed by atoms with E-state index in [1.165, 1.54) is 18.4 Å². The van der Waals surface area contributed by atoms with Crippen molar-refractivity contribution in [1.82, 2.24) is 4.98 Å². The third-order valence-electron chi connectivity index (χ3n) is 2.39. The second-order valence-corrected chi connectivity index (χ2v) is 3.31. The van der Waals surface area contributed by atoms with Gasteiger partial charge in [-0.05, 0) is 24.3 Å². The van der Waals surface area contributed by atoms with Crippen LogP contribution in [0.4, 0.5) is 4.39 Å². The predicted molar refractivity (Wildman–Crippen MR) is 54.3 cm³/mol. The zero-order chi connectivity index (χ0) is 10.4. The third kappa shape index (κ3) is 1.08. The van der Waals surface area contributed by atoms with Crippen LogP contribution in [0.3, 0.4) is 0 Å². The quantitative estimate of drug-likeness (QED) is 0.609. The Labute approximate surface area is 83.1 Å². The molecule has 4 heteroatoms. The summed E-state index contributed by atoms with van der Waals surface area (Å²) in [5.74, 6) is -0.336. The molecule has 0 fully saturated rings. The fourth-order valence-electron chi connectivity index (χ4n) is 1.72. The highest BCUT2D eigenvalue weighted by Crippen LogP contribution is 2.22. The largest absolute Gasteiger partial charge is 0.459 e. The highest BCUT2D eigenvalue weighted by Gasteiger charge is 2.07. The number of aromatic nitrogens is 1. The van der Waals surface area contributed by atoms with Crippen molar-refractivity contribution >= 4 is 21.9 Å². The van der Waals surface area contributed by atoms with Crippen LogP contribution in [-0.2, 0) is 0 Å². The van der Waals surface area contributed by atoms with Crippen molar-refractivity contribution in [2.75, 3.05) is 0 Å². The molecule has 0 saturated heterocycles. The number of aromatic amines is 1. The smallest absolute Gasteiger partial charge is 0.292 e. The number of nitrogens with one attached hydrogen (secondary N) is 1. The molecule has 2 aromatic heterocycles. The van der Waals surface area contributed by atoms with Crippen LogP contribution in [0.1, 0.15) is 0 Å². The van der Waals surface area contributed by atoms with E-state index in [1.54, 1.807) is 12.1 Å². The Bertz CT molecular complexity index is 711. The average molecular weight is 203 g/mol. The van der Waals surface area contributed by atoms with Gasteiger partial charge in [0.15, 0.2) is 5.58 Å². The van der Waals surface area contributed by atoms with E-state index in [9.17, 15) is 9.18 Å². The molecule has 0 spiro atoms. The van der Waals surface area contributed by atoms with Gasteiger partial charge in [0, 0.05) is 16.3 Å². The molecule has 0 atom stereocenters. The molecule has 2 heterocycles. The molecule has 3 aromatic rings. The lowest BCUT2D eigenvalue weighted by Crippen LogP contribution is -2.04. The van der Waals surface area contributed by atoms with Crippen LogP contribution < -0.4 is 5.56 Å². The topological polar surface area (TPSA) is 46.0 Å². The van der Waals surface area contributed by atoms with E-state index >= 15 is 0 Å². The Kier molecular flexibility index (Phi) is 1.48. The van der Waals surface area contributed by atoms with Crippen molar-refractivity contribution in [3.8, 4) is 0 Å². The minimum absolute atomic E-state index is 0.230. The lowest BCUT2D eigenvalue weighted by atomic mass is 10.1. The Morgan fingerprint density at radius 1 is 1.20 bits per heavy atom. The van der Waals surface area contributed by atoms with Gasteiger partial charge in [-0.15, -0.1) is 0 Å². The highest BCUT2D eigenvalue weighted by atomic mass is 19.1. The number of hydrogen-bond donors (Lipinski definition) is 1. The highest BCUT2D eigenvalue weighted by molar-refractivity contribution is 6.03. The molecule has 0 amide bonds. The molecule has 0 unspecified atom stereocenters. The second kappa shape index (κ2) is 2.70. The molecule has 0 bridgehead atoms. The minimum atomic E-state index is -0.336. The molecule has 3 rings (SSSR count).